The van der Waals surface area contributed by atoms with Crippen LogP contribution in [0.5, 0.6) is 5.75 Å². The van der Waals surface area contributed by atoms with Gasteiger partial charge >= 0.3 is 0 Å². The number of hydrazone groups is 1. The molecule has 0 aromatic heterocycles. The number of carbonyl (C=O) groups is 1. The molecule has 0 spiro atoms. The van der Waals surface area contributed by atoms with Gasteiger partial charge in [0.05, 0.1) is 6.21 Å². The van der Waals surface area contributed by atoms with Gasteiger partial charge in [-0.1, -0.05) is 60.7 Å². The lowest BCUT2D eigenvalue weighted by Gasteiger charge is -2.06. The molecule has 1 N–H and O–H groups in total. The van der Waals surface area contributed by atoms with Gasteiger partial charge in [0.15, 0.2) is 0 Å². The highest BCUT2D eigenvalue weighted by Gasteiger charge is 2.43. The highest BCUT2D eigenvalue weighted by Crippen LogP contribution is 2.47. The number of amides is 1. The molecule has 1 fully saturated rings. The van der Waals surface area contributed by atoms with Crippen LogP contribution in [-0.2, 0) is 11.4 Å². The standard InChI is InChI=1S/C24H22N2O2/c27-24(23-15-22(23)20-9-5-2-6-10-20)26-25-16-18-11-13-21(14-12-18)28-17-19-7-3-1-4-8-19/h1-14,16,22-23H,15,17H2,(H,26,27). The van der Waals surface area contributed by atoms with Gasteiger partial charge in [-0.3, -0.25) is 4.79 Å². The molecule has 140 valence electrons. The molecule has 0 radical (unpaired) electrons. The Kier molecular flexibility index (Phi) is 5.48. The molecular formula is C24H22N2O2. The van der Waals surface area contributed by atoms with E-state index < -0.39 is 0 Å². The number of ether oxygens (including phenoxy) is 1. The summed E-state index contributed by atoms with van der Waals surface area (Å²) in [4.78, 5) is 12.2. The number of benzene rings is 3. The summed E-state index contributed by atoms with van der Waals surface area (Å²) >= 11 is 0. The monoisotopic (exact) mass is 370 g/mol. The molecule has 4 heteroatoms. The lowest BCUT2D eigenvalue weighted by Crippen LogP contribution is -2.20. The minimum atomic E-state index is -0.0204. The highest BCUT2D eigenvalue weighted by molar-refractivity contribution is 5.85. The zero-order chi connectivity index (χ0) is 19.2. The summed E-state index contributed by atoms with van der Waals surface area (Å²) < 4.78 is 5.77. The van der Waals surface area contributed by atoms with E-state index in [1.54, 1.807) is 6.21 Å². The second-order valence-corrected chi connectivity index (χ2v) is 6.94. The Labute approximate surface area is 164 Å². The number of rotatable bonds is 7. The Morgan fingerprint density at radius 1 is 0.964 bits per heavy atom. The first kappa shape index (κ1) is 18.0. The summed E-state index contributed by atoms with van der Waals surface area (Å²) in [6, 6.07) is 27.8. The van der Waals surface area contributed by atoms with Gasteiger partial charge in [0.2, 0.25) is 5.91 Å². The van der Waals surface area contributed by atoms with Gasteiger partial charge in [0.1, 0.15) is 12.4 Å². The molecular weight excluding hydrogens is 348 g/mol. The molecule has 3 aromatic rings. The topological polar surface area (TPSA) is 50.7 Å². The smallest absolute Gasteiger partial charge is 0.243 e. The summed E-state index contributed by atoms with van der Waals surface area (Å²) in [7, 11) is 0. The van der Waals surface area contributed by atoms with E-state index in [1.165, 1.54) is 5.56 Å². The molecule has 0 heterocycles. The molecule has 4 nitrogen and oxygen atoms in total. The van der Waals surface area contributed by atoms with Crippen molar-refractivity contribution >= 4 is 12.1 Å². The predicted octanol–water partition coefficient (Wildman–Crippen LogP) is 4.52. The van der Waals surface area contributed by atoms with E-state index in [-0.39, 0.29) is 11.8 Å². The van der Waals surface area contributed by atoms with Crippen molar-refractivity contribution in [2.24, 2.45) is 11.0 Å². The summed E-state index contributed by atoms with van der Waals surface area (Å²) in [6.45, 7) is 0.536. The number of carbonyl (C=O) groups excluding carboxylic acids is 1. The minimum absolute atomic E-state index is 0.0204. The number of hydrogen-bond donors (Lipinski definition) is 1. The van der Waals surface area contributed by atoms with Gasteiger partial charge in [-0.25, -0.2) is 5.43 Å². The van der Waals surface area contributed by atoms with Gasteiger partial charge in [0, 0.05) is 5.92 Å². The fourth-order valence-electron chi connectivity index (χ4n) is 3.20. The Balaban J connectivity index is 1.24. The van der Waals surface area contributed by atoms with Crippen LogP contribution < -0.4 is 10.2 Å². The van der Waals surface area contributed by atoms with Crippen molar-refractivity contribution < 1.29 is 9.53 Å². The van der Waals surface area contributed by atoms with E-state index in [0.717, 1.165) is 23.3 Å². The first-order valence-electron chi connectivity index (χ1n) is 9.44. The average molecular weight is 370 g/mol. The average Bonchev–Trinajstić information content (AvgIpc) is 3.56. The third kappa shape index (κ3) is 4.65. The Bertz CT molecular complexity index is 937. The van der Waals surface area contributed by atoms with E-state index in [2.05, 4.69) is 22.7 Å². The van der Waals surface area contributed by atoms with Crippen LogP contribution in [0.15, 0.2) is 90.0 Å². The normalized spacial score (nSPS) is 18.0. The Hall–Kier alpha value is -3.40. The maximum atomic E-state index is 12.2. The van der Waals surface area contributed by atoms with Crippen LogP contribution >= 0.6 is 0 Å². The van der Waals surface area contributed by atoms with E-state index >= 15 is 0 Å². The van der Waals surface area contributed by atoms with Crippen molar-refractivity contribution in [1.82, 2.24) is 5.43 Å². The van der Waals surface area contributed by atoms with E-state index in [9.17, 15) is 4.79 Å². The van der Waals surface area contributed by atoms with Crippen molar-refractivity contribution in [1.29, 1.82) is 0 Å². The molecule has 2 unspecified atom stereocenters. The van der Waals surface area contributed by atoms with E-state index in [0.29, 0.717) is 12.5 Å². The zero-order valence-electron chi connectivity index (χ0n) is 15.5. The van der Waals surface area contributed by atoms with E-state index in [4.69, 9.17) is 4.74 Å². The molecule has 4 rings (SSSR count). The van der Waals surface area contributed by atoms with Crippen molar-refractivity contribution in [3.05, 3.63) is 102 Å². The summed E-state index contributed by atoms with van der Waals surface area (Å²) in [6.07, 6.45) is 2.54. The third-order valence-corrected chi connectivity index (χ3v) is 4.87. The molecule has 0 saturated heterocycles. The van der Waals surface area contributed by atoms with Crippen LogP contribution in [0, 0.1) is 5.92 Å². The summed E-state index contributed by atoms with van der Waals surface area (Å²) in [5, 5.41) is 4.09. The van der Waals surface area contributed by atoms with Crippen LogP contribution in [0.1, 0.15) is 29.0 Å². The van der Waals surface area contributed by atoms with Gasteiger partial charge in [-0.2, -0.15) is 5.10 Å². The largest absolute Gasteiger partial charge is 0.489 e. The van der Waals surface area contributed by atoms with Gasteiger partial charge in [0.25, 0.3) is 0 Å². The van der Waals surface area contributed by atoms with Crippen molar-refractivity contribution in [3.63, 3.8) is 0 Å². The lowest BCUT2D eigenvalue weighted by atomic mass is 10.1. The Morgan fingerprint density at radius 3 is 2.36 bits per heavy atom. The quantitative estimate of drug-likeness (QED) is 0.491. The summed E-state index contributed by atoms with van der Waals surface area (Å²) in [5.41, 5.74) is 5.91. The zero-order valence-corrected chi connectivity index (χ0v) is 15.5. The van der Waals surface area contributed by atoms with Crippen LogP contribution in [0.3, 0.4) is 0 Å². The fraction of sp³-hybridized carbons (Fsp3) is 0.167. The van der Waals surface area contributed by atoms with Gasteiger partial charge in [-0.05, 0) is 53.3 Å². The second-order valence-electron chi connectivity index (χ2n) is 6.94. The summed E-state index contributed by atoms with van der Waals surface area (Å²) in [5.74, 6) is 1.12. The van der Waals surface area contributed by atoms with Crippen LogP contribution in [-0.4, -0.2) is 12.1 Å². The number of nitrogens with zero attached hydrogens (tertiary/aromatic N) is 1. The molecule has 1 aliphatic rings. The van der Waals surface area contributed by atoms with E-state index in [1.807, 2.05) is 72.8 Å². The maximum Gasteiger partial charge on any atom is 0.243 e. The van der Waals surface area contributed by atoms with Crippen LogP contribution in [0.25, 0.3) is 0 Å². The van der Waals surface area contributed by atoms with Crippen molar-refractivity contribution in [2.75, 3.05) is 0 Å². The molecule has 28 heavy (non-hydrogen) atoms. The highest BCUT2D eigenvalue weighted by atomic mass is 16.5. The van der Waals surface area contributed by atoms with Crippen LogP contribution in [0.4, 0.5) is 0 Å². The van der Waals surface area contributed by atoms with Gasteiger partial charge in [-0.15, -0.1) is 0 Å². The van der Waals surface area contributed by atoms with Gasteiger partial charge < -0.3 is 4.74 Å². The molecule has 1 amide bonds. The van der Waals surface area contributed by atoms with Crippen molar-refractivity contribution in [3.8, 4) is 5.75 Å². The Morgan fingerprint density at radius 2 is 1.64 bits per heavy atom. The number of hydrogen-bond acceptors (Lipinski definition) is 3. The minimum Gasteiger partial charge on any atom is -0.489 e. The molecule has 2 atom stereocenters. The molecule has 1 saturated carbocycles. The molecule has 0 aliphatic heterocycles. The SMILES string of the molecule is O=C(NN=Cc1ccc(OCc2ccccc2)cc1)C1CC1c1ccccc1. The predicted molar refractivity (Wildman–Crippen MR) is 110 cm³/mol. The lowest BCUT2D eigenvalue weighted by molar-refractivity contribution is -0.122. The molecule has 1 aliphatic carbocycles. The maximum absolute atomic E-state index is 12.2. The second kappa shape index (κ2) is 8.53. The first-order chi connectivity index (χ1) is 13.8. The molecule has 3 aromatic carbocycles. The first-order valence-corrected chi connectivity index (χ1v) is 9.44. The molecule has 0 bridgehead atoms. The van der Waals surface area contributed by atoms with Crippen molar-refractivity contribution in [2.45, 2.75) is 18.9 Å². The third-order valence-electron chi connectivity index (χ3n) is 4.87. The van der Waals surface area contributed by atoms with Crippen LogP contribution in [0.2, 0.25) is 0 Å². The number of nitrogens with one attached hydrogen (secondary N) is 1. The fourth-order valence-corrected chi connectivity index (χ4v) is 3.20.